The topological polar surface area (TPSA) is 124 Å². The first-order chi connectivity index (χ1) is 18.3. The van der Waals surface area contributed by atoms with Crippen molar-refractivity contribution >= 4 is 27.8 Å². The Labute approximate surface area is 225 Å². The molecule has 6 bridgehead atoms. The molecule has 1 aliphatic heterocycles. The summed E-state index contributed by atoms with van der Waals surface area (Å²) in [4.78, 5) is 39.5. The lowest BCUT2D eigenvalue weighted by Crippen LogP contribution is -2.64. The molecule has 40 heavy (non-hydrogen) atoms. The summed E-state index contributed by atoms with van der Waals surface area (Å²) in [5, 5.41) is 0. The van der Waals surface area contributed by atoms with Gasteiger partial charge in [-0.1, -0.05) is 0 Å². The largest absolute Gasteiger partial charge is 0.461 e. The SMILES string of the molecule is O=C(OC(CS(=O)(=O)O)(C(F)(F)F)C(F)(F)F)C1C2CC3C(OC(=O)C31)C2CC(=O)C12CC3CC(CC(C3)C1)C2. The molecule has 7 rings (SSSR count). The zero-order valence-electron chi connectivity index (χ0n) is 21.0. The first kappa shape index (κ1) is 28.2. The summed E-state index contributed by atoms with van der Waals surface area (Å²) in [6.07, 6.45) is -8.37. The van der Waals surface area contributed by atoms with E-state index in [1.54, 1.807) is 0 Å². The zero-order valence-corrected chi connectivity index (χ0v) is 21.9. The van der Waals surface area contributed by atoms with Crippen molar-refractivity contribution in [3.05, 3.63) is 0 Å². The molecule has 1 N–H and O–H groups in total. The molecule has 0 amide bonds. The summed E-state index contributed by atoms with van der Waals surface area (Å²) in [6.45, 7) is 0. The highest BCUT2D eigenvalue weighted by Gasteiger charge is 2.77. The summed E-state index contributed by atoms with van der Waals surface area (Å²) in [5.74, 6) is -10.3. The highest BCUT2D eigenvalue weighted by Crippen LogP contribution is 2.65. The van der Waals surface area contributed by atoms with Crippen molar-refractivity contribution in [1.82, 2.24) is 0 Å². The molecule has 7 fully saturated rings. The molecule has 6 saturated carbocycles. The number of carbonyl (C=O) groups excluding carboxylic acids is 3. The number of ketones is 1. The van der Waals surface area contributed by atoms with Crippen LogP contribution in [-0.4, -0.2) is 60.5 Å². The van der Waals surface area contributed by atoms with E-state index in [1.807, 2.05) is 0 Å². The van der Waals surface area contributed by atoms with E-state index in [9.17, 15) is 49.1 Å². The van der Waals surface area contributed by atoms with Crippen molar-refractivity contribution in [3.63, 3.8) is 0 Å². The number of alkyl halides is 6. The highest BCUT2D eigenvalue weighted by molar-refractivity contribution is 7.85. The Hall–Kier alpha value is -1.90. The van der Waals surface area contributed by atoms with Crippen LogP contribution >= 0.6 is 0 Å². The van der Waals surface area contributed by atoms with Crippen LogP contribution in [0.5, 0.6) is 0 Å². The number of hydrogen-bond acceptors (Lipinski definition) is 7. The van der Waals surface area contributed by atoms with Gasteiger partial charge in [0.25, 0.3) is 10.1 Å². The van der Waals surface area contributed by atoms with Crippen LogP contribution in [0.15, 0.2) is 0 Å². The van der Waals surface area contributed by atoms with Crippen LogP contribution in [0.25, 0.3) is 0 Å². The normalized spacial score (nSPS) is 41.9. The van der Waals surface area contributed by atoms with Gasteiger partial charge in [-0.2, -0.15) is 34.8 Å². The van der Waals surface area contributed by atoms with Gasteiger partial charge in [0.15, 0.2) is 0 Å². The van der Waals surface area contributed by atoms with E-state index in [4.69, 9.17) is 9.29 Å². The Kier molecular flexibility index (Phi) is 6.05. The fourth-order valence-electron chi connectivity index (χ4n) is 9.63. The molecule has 15 heteroatoms. The molecule has 7 aliphatic rings. The quantitative estimate of drug-likeness (QED) is 0.265. The van der Waals surface area contributed by atoms with Crippen molar-refractivity contribution in [2.75, 3.05) is 5.75 Å². The van der Waals surface area contributed by atoms with Gasteiger partial charge in [-0.3, -0.25) is 18.9 Å². The van der Waals surface area contributed by atoms with Crippen molar-refractivity contribution in [3.8, 4) is 0 Å². The van der Waals surface area contributed by atoms with E-state index in [-0.39, 0.29) is 18.6 Å². The fourth-order valence-corrected chi connectivity index (χ4v) is 10.5. The molecule has 0 radical (unpaired) electrons. The lowest BCUT2D eigenvalue weighted by molar-refractivity contribution is -0.362. The van der Waals surface area contributed by atoms with E-state index >= 15 is 0 Å². The monoisotopic (exact) mass is 602 g/mol. The fraction of sp³-hybridized carbons (Fsp3) is 0.880. The molecule has 6 aliphatic carbocycles. The van der Waals surface area contributed by atoms with Gasteiger partial charge in [-0.15, -0.1) is 0 Å². The first-order valence-corrected chi connectivity index (χ1v) is 15.0. The van der Waals surface area contributed by atoms with Crippen LogP contribution in [0.1, 0.15) is 51.4 Å². The van der Waals surface area contributed by atoms with E-state index in [0.29, 0.717) is 17.8 Å². The number of hydrogen-bond donors (Lipinski definition) is 1. The summed E-state index contributed by atoms with van der Waals surface area (Å²) in [7, 11) is -5.95. The zero-order chi connectivity index (χ0) is 29.2. The van der Waals surface area contributed by atoms with E-state index in [2.05, 4.69) is 4.74 Å². The Bertz CT molecular complexity index is 1190. The Morgan fingerprint density at radius 3 is 1.93 bits per heavy atom. The molecule has 0 aromatic carbocycles. The number of halogens is 6. The number of fused-ring (bicyclic) bond motifs is 1. The van der Waals surface area contributed by atoms with Crippen molar-refractivity contribution in [2.45, 2.75) is 75.4 Å². The van der Waals surface area contributed by atoms with Gasteiger partial charge in [0.2, 0.25) is 0 Å². The Morgan fingerprint density at radius 2 is 1.45 bits per heavy atom. The first-order valence-electron chi connectivity index (χ1n) is 13.4. The van der Waals surface area contributed by atoms with E-state index in [0.717, 1.165) is 38.5 Å². The van der Waals surface area contributed by atoms with Gasteiger partial charge >= 0.3 is 29.9 Å². The maximum Gasteiger partial charge on any atom is 0.438 e. The molecule has 0 spiro atoms. The Morgan fingerprint density at radius 1 is 0.925 bits per heavy atom. The lowest BCUT2D eigenvalue weighted by Gasteiger charge is -2.56. The average Bonchev–Trinajstić information content (AvgIpc) is 3.39. The van der Waals surface area contributed by atoms with Gasteiger partial charge in [-0.25, -0.2) is 0 Å². The summed E-state index contributed by atoms with van der Waals surface area (Å²) in [5.41, 5.74) is -6.11. The van der Waals surface area contributed by atoms with Crippen molar-refractivity contribution in [2.24, 2.45) is 52.8 Å². The van der Waals surface area contributed by atoms with E-state index in [1.165, 1.54) is 0 Å². The minimum atomic E-state index is -6.47. The van der Waals surface area contributed by atoms with Crippen LogP contribution in [0.3, 0.4) is 0 Å². The third kappa shape index (κ3) is 4.10. The van der Waals surface area contributed by atoms with Gasteiger partial charge in [0, 0.05) is 23.7 Å². The van der Waals surface area contributed by atoms with Crippen molar-refractivity contribution < 1.29 is 63.2 Å². The summed E-state index contributed by atoms with van der Waals surface area (Å²) in [6, 6.07) is 0. The smallest absolute Gasteiger partial charge is 0.438 e. The molecular formula is C25H28F6O8S. The maximum absolute atomic E-state index is 13.8. The molecule has 6 atom stereocenters. The molecular weight excluding hydrogens is 574 g/mol. The highest BCUT2D eigenvalue weighted by atomic mass is 32.2. The second-order valence-corrected chi connectivity index (χ2v) is 14.4. The molecule has 1 saturated heterocycles. The standard InChI is InChI=1S/C25H28F6O8S/c26-24(27,28)23(25(29,30)31,9-40(35,36)37)39-21(34)17-13-4-15-18(17)20(33)38-19(15)14(13)5-16(32)22-6-10-1-11(7-22)3-12(2-10)8-22/h10-15,17-19H,1-9H2,(H,35,36,37). The number of carbonyl (C=O) groups is 3. The minimum Gasteiger partial charge on any atom is -0.461 e. The predicted molar refractivity (Wildman–Crippen MR) is 120 cm³/mol. The number of ether oxygens (including phenoxy) is 2. The summed E-state index contributed by atoms with van der Waals surface area (Å²) >= 11 is 0. The molecule has 0 aromatic rings. The predicted octanol–water partition coefficient (Wildman–Crippen LogP) is 3.88. The van der Waals surface area contributed by atoms with Crippen LogP contribution in [-0.2, 0) is 34.0 Å². The second kappa shape index (κ2) is 8.57. The minimum absolute atomic E-state index is 0.0675. The number of esters is 2. The molecule has 1 heterocycles. The lowest BCUT2D eigenvalue weighted by atomic mass is 9.48. The van der Waals surface area contributed by atoms with Gasteiger partial charge in [0.05, 0.1) is 11.8 Å². The van der Waals surface area contributed by atoms with Crippen molar-refractivity contribution in [1.29, 1.82) is 0 Å². The molecule has 8 nitrogen and oxygen atoms in total. The molecule has 6 unspecified atom stereocenters. The third-order valence-corrected chi connectivity index (χ3v) is 11.4. The molecule has 224 valence electrons. The van der Waals surface area contributed by atoms with Gasteiger partial charge < -0.3 is 9.47 Å². The number of Topliss-reactive ketones (excluding diaryl/α,β-unsaturated/α-hetero) is 1. The van der Waals surface area contributed by atoms with Gasteiger partial charge in [-0.05, 0) is 68.6 Å². The second-order valence-electron chi connectivity index (χ2n) is 13.0. The summed E-state index contributed by atoms with van der Waals surface area (Å²) < 4.78 is 124. The van der Waals surface area contributed by atoms with Crippen LogP contribution in [0, 0.1) is 52.8 Å². The van der Waals surface area contributed by atoms with Crippen LogP contribution in [0.4, 0.5) is 26.3 Å². The average molecular weight is 603 g/mol. The third-order valence-electron chi connectivity index (χ3n) is 10.7. The Balaban J connectivity index is 1.28. The van der Waals surface area contributed by atoms with E-state index < -0.39 is 86.9 Å². The van der Waals surface area contributed by atoms with Crippen LogP contribution in [0.2, 0.25) is 0 Å². The molecule has 0 aromatic heterocycles. The van der Waals surface area contributed by atoms with Gasteiger partial charge in [0.1, 0.15) is 17.6 Å². The maximum atomic E-state index is 13.8. The van der Waals surface area contributed by atoms with Crippen LogP contribution < -0.4 is 0 Å². The number of rotatable bonds is 7.